The van der Waals surface area contributed by atoms with Crippen molar-refractivity contribution in [2.75, 3.05) is 0 Å². The summed E-state index contributed by atoms with van der Waals surface area (Å²) in [6.45, 7) is 2.16. The van der Waals surface area contributed by atoms with Gasteiger partial charge in [0.2, 0.25) is 0 Å². The third kappa shape index (κ3) is 1.97. The molecule has 0 aliphatic heterocycles. The smallest absolute Gasteiger partial charge is 0.0562 e. The normalized spacial score (nSPS) is 11.9. The van der Waals surface area contributed by atoms with E-state index in [0.29, 0.717) is 0 Å². The van der Waals surface area contributed by atoms with Gasteiger partial charge < -0.3 is 9.13 Å². The van der Waals surface area contributed by atoms with Crippen LogP contribution in [0, 0.1) is 6.92 Å². The predicted octanol–water partition coefficient (Wildman–Crippen LogP) is 6.74. The average molecular weight is 360 g/mol. The van der Waals surface area contributed by atoms with Gasteiger partial charge in [0.15, 0.2) is 0 Å². The van der Waals surface area contributed by atoms with Gasteiger partial charge in [0.05, 0.1) is 16.6 Å². The van der Waals surface area contributed by atoms with Crippen molar-refractivity contribution in [1.82, 2.24) is 9.13 Å². The molecule has 0 amide bonds. The summed E-state index contributed by atoms with van der Waals surface area (Å²) in [5, 5.41) is 5.25. The Bertz CT molecular complexity index is 1510. The highest BCUT2D eigenvalue weighted by molar-refractivity contribution is 6.18. The molecular formula is C26H20N2. The minimum Gasteiger partial charge on any atom is -0.344 e. The Morgan fingerprint density at radius 2 is 1.21 bits per heavy atom. The third-order valence-electron chi connectivity index (χ3n) is 5.97. The zero-order valence-corrected chi connectivity index (χ0v) is 16.0. The minimum absolute atomic E-state index is 1.20. The minimum atomic E-state index is 1.20. The molecule has 0 fully saturated rings. The molecule has 134 valence electrons. The SMILES string of the molecule is Cc1ccc2c3cc4c5ccccc5n(C)c4cc3n(-c3ccccc3)c2c1. The summed E-state index contributed by atoms with van der Waals surface area (Å²) in [5.41, 5.74) is 7.54. The van der Waals surface area contributed by atoms with E-state index in [1.165, 1.54) is 54.9 Å². The second-order valence-electron chi connectivity index (χ2n) is 7.65. The third-order valence-corrected chi connectivity index (χ3v) is 5.97. The van der Waals surface area contributed by atoms with Crippen LogP contribution in [0.5, 0.6) is 0 Å². The van der Waals surface area contributed by atoms with Crippen molar-refractivity contribution in [3.8, 4) is 5.69 Å². The molecule has 0 atom stereocenters. The van der Waals surface area contributed by atoms with Crippen LogP contribution in [0.2, 0.25) is 0 Å². The number of rotatable bonds is 1. The molecule has 0 saturated carbocycles. The maximum absolute atomic E-state index is 2.40. The Balaban J connectivity index is 1.87. The zero-order chi connectivity index (χ0) is 18.8. The van der Waals surface area contributed by atoms with Crippen LogP contribution in [-0.2, 0) is 7.05 Å². The van der Waals surface area contributed by atoms with E-state index in [-0.39, 0.29) is 0 Å². The quantitative estimate of drug-likeness (QED) is 0.307. The van der Waals surface area contributed by atoms with Crippen LogP contribution < -0.4 is 0 Å². The second kappa shape index (κ2) is 5.49. The summed E-state index contributed by atoms with van der Waals surface area (Å²) in [6.07, 6.45) is 0. The van der Waals surface area contributed by atoms with Crippen LogP contribution in [0.25, 0.3) is 49.3 Å². The number of aromatic nitrogens is 2. The summed E-state index contributed by atoms with van der Waals surface area (Å²) in [7, 11) is 2.16. The van der Waals surface area contributed by atoms with Crippen LogP contribution in [-0.4, -0.2) is 9.13 Å². The molecule has 0 spiro atoms. The lowest BCUT2D eigenvalue weighted by atomic mass is 10.1. The van der Waals surface area contributed by atoms with E-state index in [0.717, 1.165) is 0 Å². The largest absolute Gasteiger partial charge is 0.344 e. The fourth-order valence-corrected chi connectivity index (χ4v) is 4.63. The van der Waals surface area contributed by atoms with E-state index < -0.39 is 0 Å². The Kier molecular flexibility index (Phi) is 3.05. The van der Waals surface area contributed by atoms with Gasteiger partial charge in [0, 0.05) is 39.8 Å². The molecule has 0 saturated heterocycles. The van der Waals surface area contributed by atoms with Crippen LogP contribution in [0.15, 0.2) is 84.9 Å². The highest BCUT2D eigenvalue weighted by Gasteiger charge is 2.16. The molecule has 2 heteroatoms. The van der Waals surface area contributed by atoms with Gasteiger partial charge in [0.25, 0.3) is 0 Å². The highest BCUT2D eigenvalue weighted by atomic mass is 15.0. The monoisotopic (exact) mass is 360 g/mol. The van der Waals surface area contributed by atoms with Gasteiger partial charge in [-0.25, -0.2) is 0 Å². The van der Waals surface area contributed by atoms with Crippen molar-refractivity contribution < 1.29 is 0 Å². The Morgan fingerprint density at radius 1 is 0.536 bits per heavy atom. The van der Waals surface area contributed by atoms with E-state index in [4.69, 9.17) is 0 Å². The maximum Gasteiger partial charge on any atom is 0.0562 e. The second-order valence-corrected chi connectivity index (χ2v) is 7.65. The first kappa shape index (κ1) is 15.5. The van der Waals surface area contributed by atoms with Gasteiger partial charge in [-0.3, -0.25) is 0 Å². The lowest BCUT2D eigenvalue weighted by Gasteiger charge is -2.08. The number of benzene rings is 4. The number of fused-ring (bicyclic) bond motifs is 6. The van der Waals surface area contributed by atoms with E-state index in [9.17, 15) is 0 Å². The molecule has 0 unspecified atom stereocenters. The van der Waals surface area contributed by atoms with E-state index in [1.54, 1.807) is 0 Å². The highest BCUT2D eigenvalue weighted by Crippen LogP contribution is 2.38. The van der Waals surface area contributed by atoms with Crippen LogP contribution in [0.1, 0.15) is 5.56 Å². The summed E-state index contributed by atoms with van der Waals surface area (Å²) < 4.78 is 4.71. The summed E-state index contributed by atoms with van der Waals surface area (Å²) in [4.78, 5) is 0. The zero-order valence-electron chi connectivity index (χ0n) is 16.0. The summed E-state index contributed by atoms with van der Waals surface area (Å²) in [6, 6.07) is 30.8. The van der Waals surface area contributed by atoms with Gasteiger partial charge >= 0.3 is 0 Å². The van der Waals surface area contributed by atoms with Gasteiger partial charge in [-0.05, 0) is 48.9 Å². The first-order valence-electron chi connectivity index (χ1n) is 9.70. The molecule has 4 aromatic carbocycles. The van der Waals surface area contributed by atoms with Crippen molar-refractivity contribution in [3.63, 3.8) is 0 Å². The molecule has 2 heterocycles. The molecule has 0 N–H and O–H groups in total. The lowest BCUT2D eigenvalue weighted by molar-refractivity contribution is 1.01. The molecule has 0 bridgehead atoms. The van der Waals surface area contributed by atoms with E-state index in [1.807, 2.05) is 0 Å². The van der Waals surface area contributed by atoms with E-state index in [2.05, 4.69) is 108 Å². The van der Waals surface area contributed by atoms with Crippen LogP contribution in [0.3, 0.4) is 0 Å². The lowest BCUT2D eigenvalue weighted by Crippen LogP contribution is -1.94. The van der Waals surface area contributed by atoms with Gasteiger partial charge in [0.1, 0.15) is 0 Å². The van der Waals surface area contributed by atoms with Crippen molar-refractivity contribution in [2.45, 2.75) is 6.92 Å². The molecule has 28 heavy (non-hydrogen) atoms. The van der Waals surface area contributed by atoms with Crippen LogP contribution in [0.4, 0.5) is 0 Å². The van der Waals surface area contributed by atoms with Gasteiger partial charge in [-0.1, -0.05) is 48.5 Å². The van der Waals surface area contributed by atoms with Crippen molar-refractivity contribution in [2.24, 2.45) is 7.05 Å². The number of hydrogen-bond donors (Lipinski definition) is 0. The molecule has 0 radical (unpaired) electrons. The Labute approximate surface area is 163 Å². The van der Waals surface area contributed by atoms with Crippen molar-refractivity contribution in [1.29, 1.82) is 0 Å². The first-order valence-corrected chi connectivity index (χ1v) is 9.70. The number of hydrogen-bond acceptors (Lipinski definition) is 0. The maximum atomic E-state index is 2.40. The molecule has 2 nitrogen and oxygen atoms in total. The fourth-order valence-electron chi connectivity index (χ4n) is 4.63. The molecule has 2 aromatic heterocycles. The molecule has 0 aliphatic rings. The molecule has 6 aromatic rings. The van der Waals surface area contributed by atoms with Crippen LogP contribution >= 0.6 is 0 Å². The number of nitrogens with zero attached hydrogens (tertiary/aromatic N) is 2. The molecule has 0 aliphatic carbocycles. The standard InChI is InChI=1S/C26H20N2/c1-17-12-13-20-22-15-21-19-10-6-7-11-23(19)27(2)24(21)16-26(22)28(25(20)14-17)18-8-4-3-5-9-18/h3-16H,1-2H3. The number of aryl methyl sites for hydroxylation is 2. The fraction of sp³-hybridized carbons (Fsp3) is 0.0769. The average Bonchev–Trinajstić information content (AvgIpc) is 3.19. The van der Waals surface area contributed by atoms with Crippen molar-refractivity contribution in [3.05, 3.63) is 90.5 Å². The van der Waals surface area contributed by atoms with Gasteiger partial charge in [-0.2, -0.15) is 0 Å². The van der Waals surface area contributed by atoms with E-state index >= 15 is 0 Å². The summed E-state index contributed by atoms with van der Waals surface area (Å²) in [5.74, 6) is 0. The van der Waals surface area contributed by atoms with Gasteiger partial charge in [-0.15, -0.1) is 0 Å². The topological polar surface area (TPSA) is 9.86 Å². The molecular weight excluding hydrogens is 340 g/mol. The predicted molar refractivity (Wildman–Crippen MR) is 120 cm³/mol. The Morgan fingerprint density at radius 3 is 2.07 bits per heavy atom. The van der Waals surface area contributed by atoms with Crippen molar-refractivity contribution >= 4 is 43.6 Å². The summed E-state index contributed by atoms with van der Waals surface area (Å²) >= 11 is 0. The first-order chi connectivity index (χ1) is 13.7. The number of para-hydroxylation sites is 2. The Hall–Kier alpha value is -3.52. The molecule has 6 rings (SSSR count).